The van der Waals surface area contributed by atoms with Gasteiger partial charge in [-0.1, -0.05) is 30.0 Å². The standard InChI is InChI=1S/C20H21F2N2O2S/c1-2-15(5-3-4-14-6-9-17(21)10-7-14)20-19-12-18(22)11-8-16(19)13-27(25,26)24-23-20/h6-12,15H,2-5,13H2,1H3. The molecule has 3 rings (SSSR count). The van der Waals surface area contributed by atoms with Gasteiger partial charge in [-0.05, 0) is 61.1 Å². The van der Waals surface area contributed by atoms with E-state index in [4.69, 9.17) is 0 Å². The number of sulfonamides is 1. The van der Waals surface area contributed by atoms with E-state index in [0.29, 0.717) is 16.8 Å². The SMILES string of the molecule is CCC(CCCc1ccc(F)cc1)C1=N[N]S(=O)(=O)Cc2ccc(F)cc21. The number of hydrogen-bond acceptors (Lipinski definition) is 3. The first-order valence-electron chi connectivity index (χ1n) is 8.93. The first-order valence-corrected chi connectivity index (χ1v) is 10.5. The van der Waals surface area contributed by atoms with Crippen molar-refractivity contribution in [2.45, 2.75) is 38.4 Å². The van der Waals surface area contributed by atoms with Gasteiger partial charge in [0.1, 0.15) is 11.6 Å². The van der Waals surface area contributed by atoms with Crippen LogP contribution in [0.4, 0.5) is 8.78 Å². The molecule has 1 aliphatic heterocycles. The Morgan fingerprint density at radius 2 is 1.78 bits per heavy atom. The molecule has 0 aromatic heterocycles. The molecule has 0 bridgehead atoms. The maximum Gasteiger partial charge on any atom is 0.274 e. The maximum absolute atomic E-state index is 13.8. The molecular formula is C20H21F2N2O2S. The van der Waals surface area contributed by atoms with Gasteiger partial charge in [-0.3, -0.25) is 0 Å². The van der Waals surface area contributed by atoms with Crippen LogP contribution in [0.5, 0.6) is 0 Å². The summed E-state index contributed by atoms with van der Waals surface area (Å²) in [5.41, 5.74) is 2.60. The summed E-state index contributed by atoms with van der Waals surface area (Å²) in [5.74, 6) is -1.01. The minimum atomic E-state index is -3.71. The van der Waals surface area contributed by atoms with Crippen LogP contribution in [0, 0.1) is 17.6 Å². The van der Waals surface area contributed by atoms with E-state index in [0.717, 1.165) is 31.2 Å². The molecule has 0 saturated carbocycles. The van der Waals surface area contributed by atoms with Crippen LogP contribution < -0.4 is 4.83 Å². The van der Waals surface area contributed by atoms with Crippen LogP contribution in [-0.2, 0) is 22.2 Å². The molecular weight excluding hydrogens is 370 g/mol. The predicted molar refractivity (Wildman–Crippen MR) is 101 cm³/mol. The second-order valence-corrected chi connectivity index (χ2v) is 8.33. The molecule has 1 aliphatic rings. The lowest BCUT2D eigenvalue weighted by Crippen LogP contribution is -2.18. The van der Waals surface area contributed by atoms with E-state index in [1.54, 1.807) is 12.1 Å². The van der Waals surface area contributed by atoms with Gasteiger partial charge in [0.2, 0.25) is 0 Å². The number of halogens is 2. The van der Waals surface area contributed by atoms with Crippen molar-refractivity contribution in [1.29, 1.82) is 0 Å². The normalized spacial score (nSPS) is 16.6. The maximum atomic E-state index is 13.8. The summed E-state index contributed by atoms with van der Waals surface area (Å²) in [4.78, 5) is 3.52. The molecule has 27 heavy (non-hydrogen) atoms. The fraction of sp³-hybridized carbons (Fsp3) is 0.350. The lowest BCUT2D eigenvalue weighted by molar-refractivity contribution is 0.567. The third-order valence-corrected chi connectivity index (χ3v) is 5.78. The Morgan fingerprint density at radius 3 is 2.48 bits per heavy atom. The van der Waals surface area contributed by atoms with Crippen LogP contribution in [0.1, 0.15) is 42.9 Å². The summed E-state index contributed by atoms with van der Waals surface area (Å²) < 4.78 is 50.8. The molecule has 0 saturated heterocycles. The minimum absolute atomic E-state index is 0.0388. The largest absolute Gasteiger partial charge is 0.274 e. The van der Waals surface area contributed by atoms with Gasteiger partial charge >= 0.3 is 0 Å². The van der Waals surface area contributed by atoms with Crippen LogP contribution in [0.3, 0.4) is 0 Å². The molecule has 0 fully saturated rings. The molecule has 2 aromatic rings. The zero-order valence-corrected chi connectivity index (χ0v) is 15.8. The summed E-state index contributed by atoms with van der Waals surface area (Å²) in [6, 6.07) is 10.5. The third kappa shape index (κ3) is 4.91. The number of aryl methyl sites for hydroxylation is 1. The van der Waals surface area contributed by atoms with Crippen molar-refractivity contribution in [3.05, 3.63) is 70.8 Å². The Bertz CT molecular complexity index is 941. The highest BCUT2D eigenvalue weighted by molar-refractivity contribution is 7.88. The number of nitrogens with zero attached hydrogens (tertiary/aromatic N) is 2. The van der Waals surface area contributed by atoms with Gasteiger partial charge in [-0.2, -0.15) is 0 Å². The Balaban J connectivity index is 1.80. The molecule has 4 nitrogen and oxygen atoms in total. The Morgan fingerprint density at radius 1 is 1.07 bits per heavy atom. The first-order chi connectivity index (χ1) is 12.9. The van der Waals surface area contributed by atoms with E-state index in [9.17, 15) is 17.2 Å². The van der Waals surface area contributed by atoms with E-state index in [-0.39, 0.29) is 17.5 Å². The number of fused-ring (bicyclic) bond motifs is 1. The highest BCUT2D eigenvalue weighted by Gasteiger charge is 2.27. The van der Waals surface area contributed by atoms with E-state index in [1.807, 2.05) is 6.92 Å². The third-order valence-electron chi connectivity index (χ3n) is 4.77. The zero-order chi connectivity index (χ0) is 19.4. The van der Waals surface area contributed by atoms with Crippen molar-refractivity contribution in [2.24, 2.45) is 11.0 Å². The Hall–Kier alpha value is -2.28. The fourth-order valence-corrected chi connectivity index (χ4v) is 4.25. The highest BCUT2D eigenvalue weighted by Crippen LogP contribution is 2.26. The minimum Gasteiger partial charge on any atom is -0.207 e. The number of hydrogen-bond donors (Lipinski definition) is 0. The van der Waals surface area contributed by atoms with Gasteiger partial charge in [0.15, 0.2) is 0 Å². The van der Waals surface area contributed by atoms with Gasteiger partial charge in [-0.15, -0.1) is 5.10 Å². The summed E-state index contributed by atoms with van der Waals surface area (Å²) in [6.07, 6.45) is 3.07. The van der Waals surface area contributed by atoms with Crippen LogP contribution in [0.15, 0.2) is 47.6 Å². The van der Waals surface area contributed by atoms with Crippen LogP contribution in [-0.4, -0.2) is 14.1 Å². The first kappa shape index (κ1) is 19.5. The lowest BCUT2D eigenvalue weighted by atomic mass is 9.87. The van der Waals surface area contributed by atoms with Gasteiger partial charge < -0.3 is 0 Å². The summed E-state index contributed by atoms with van der Waals surface area (Å²) >= 11 is 0. The van der Waals surface area contributed by atoms with Gasteiger partial charge in [-0.25, -0.2) is 17.2 Å². The topological polar surface area (TPSA) is 60.6 Å². The molecule has 143 valence electrons. The zero-order valence-electron chi connectivity index (χ0n) is 15.0. The van der Waals surface area contributed by atoms with E-state index in [1.165, 1.54) is 30.3 Å². The monoisotopic (exact) mass is 391 g/mol. The average Bonchev–Trinajstić information content (AvgIpc) is 2.76. The molecule has 1 unspecified atom stereocenters. The van der Waals surface area contributed by atoms with Crippen molar-refractivity contribution in [2.75, 3.05) is 0 Å². The molecule has 2 aromatic carbocycles. The van der Waals surface area contributed by atoms with Crippen molar-refractivity contribution >= 4 is 15.7 Å². The van der Waals surface area contributed by atoms with Crippen LogP contribution in [0.25, 0.3) is 0 Å². The smallest absolute Gasteiger partial charge is 0.207 e. The van der Waals surface area contributed by atoms with Gasteiger partial charge in [0.25, 0.3) is 10.0 Å². The highest BCUT2D eigenvalue weighted by atomic mass is 32.2. The molecule has 0 amide bonds. The number of benzene rings is 2. The summed E-state index contributed by atoms with van der Waals surface area (Å²) in [5, 5.41) is 4.00. The van der Waals surface area contributed by atoms with Crippen LogP contribution in [0.2, 0.25) is 0 Å². The molecule has 1 atom stereocenters. The second-order valence-electron chi connectivity index (χ2n) is 6.72. The quantitative estimate of drug-likeness (QED) is 0.742. The van der Waals surface area contributed by atoms with Crippen LogP contribution >= 0.6 is 0 Å². The second kappa shape index (κ2) is 8.17. The molecule has 1 radical (unpaired) electrons. The molecule has 0 spiro atoms. The summed E-state index contributed by atoms with van der Waals surface area (Å²) in [6.45, 7) is 1.99. The molecule has 7 heteroatoms. The van der Waals surface area contributed by atoms with Crippen molar-refractivity contribution in [1.82, 2.24) is 4.83 Å². The Kier molecular flexibility index (Phi) is 5.89. The van der Waals surface area contributed by atoms with Gasteiger partial charge in [0, 0.05) is 11.5 Å². The van der Waals surface area contributed by atoms with E-state index in [2.05, 4.69) is 9.93 Å². The Labute approximate surface area is 158 Å². The molecule has 1 heterocycles. The van der Waals surface area contributed by atoms with E-state index < -0.39 is 15.8 Å². The summed E-state index contributed by atoms with van der Waals surface area (Å²) in [7, 11) is -3.71. The van der Waals surface area contributed by atoms with Crippen molar-refractivity contribution in [3.63, 3.8) is 0 Å². The van der Waals surface area contributed by atoms with Crippen molar-refractivity contribution in [3.8, 4) is 0 Å². The predicted octanol–water partition coefficient (Wildman–Crippen LogP) is 4.17. The average molecular weight is 391 g/mol. The number of rotatable bonds is 6. The molecule has 0 N–H and O–H groups in total. The van der Waals surface area contributed by atoms with Crippen molar-refractivity contribution < 1.29 is 17.2 Å². The molecule has 0 aliphatic carbocycles. The lowest BCUT2D eigenvalue weighted by Gasteiger charge is -2.18. The fourth-order valence-electron chi connectivity index (χ4n) is 3.34. The van der Waals surface area contributed by atoms with Gasteiger partial charge in [0.05, 0.1) is 11.5 Å². The van der Waals surface area contributed by atoms with E-state index >= 15 is 0 Å².